The van der Waals surface area contributed by atoms with Crippen LogP contribution in [-0.4, -0.2) is 54.3 Å². The smallest absolute Gasteiger partial charge is 0.410 e. The Labute approximate surface area is 100 Å². The fraction of sp³-hybridized carbons (Fsp3) is 0.818. The van der Waals surface area contributed by atoms with Crippen LogP contribution >= 0.6 is 0 Å². The van der Waals surface area contributed by atoms with Gasteiger partial charge in [0.05, 0.1) is 19.2 Å². The molecule has 0 aromatic carbocycles. The van der Waals surface area contributed by atoms with Gasteiger partial charge in [0.1, 0.15) is 5.60 Å². The van der Waals surface area contributed by atoms with E-state index in [0.717, 1.165) is 0 Å². The highest BCUT2D eigenvalue weighted by Gasteiger charge is 2.39. The summed E-state index contributed by atoms with van der Waals surface area (Å²) in [5, 5.41) is 2.75. The Balaban J connectivity index is 1.99. The first-order chi connectivity index (χ1) is 7.85. The van der Waals surface area contributed by atoms with Gasteiger partial charge in [0.25, 0.3) is 5.91 Å². The Morgan fingerprint density at radius 2 is 2.18 bits per heavy atom. The summed E-state index contributed by atoms with van der Waals surface area (Å²) >= 11 is 0. The Kier molecular flexibility index (Phi) is 2.99. The van der Waals surface area contributed by atoms with Crippen molar-refractivity contribution in [3.8, 4) is 0 Å². The number of nitrogens with one attached hydrogen (secondary N) is 1. The van der Waals surface area contributed by atoms with E-state index in [1.807, 2.05) is 20.8 Å². The third kappa shape index (κ3) is 2.88. The van der Waals surface area contributed by atoms with Crippen LogP contribution in [0.1, 0.15) is 20.8 Å². The SMILES string of the molecule is CC(C)(C)OC(=O)N1C[C@@H]2CNC(=O)[C@@H](C1)O2. The summed E-state index contributed by atoms with van der Waals surface area (Å²) in [6.45, 7) is 6.63. The molecule has 2 aliphatic heterocycles. The van der Waals surface area contributed by atoms with Crippen molar-refractivity contribution in [2.24, 2.45) is 0 Å². The number of carbonyl (C=O) groups is 2. The van der Waals surface area contributed by atoms with E-state index in [1.54, 1.807) is 4.90 Å². The van der Waals surface area contributed by atoms with Crippen LogP contribution in [0.15, 0.2) is 0 Å². The molecule has 2 aliphatic rings. The molecule has 2 bridgehead atoms. The van der Waals surface area contributed by atoms with Gasteiger partial charge in [-0.2, -0.15) is 0 Å². The first-order valence-electron chi connectivity index (χ1n) is 5.76. The Bertz CT molecular complexity index is 337. The third-order valence-corrected chi connectivity index (χ3v) is 2.62. The van der Waals surface area contributed by atoms with Crippen LogP contribution in [-0.2, 0) is 14.3 Å². The summed E-state index contributed by atoms with van der Waals surface area (Å²) in [6.07, 6.45) is -1.07. The monoisotopic (exact) mass is 242 g/mol. The number of rotatable bonds is 0. The van der Waals surface area contributed by atoms with E-state index in [1.165, 1.54) is 0 Å². The fourth-order valence-corrected chi connectivity index (χ4v) is 1.90. The highest BCUT2D eigenvalue weighted by atomic mass is 16.6. The zero-order valence-electron chi connectivity index (χ0n) is 10.4. The lowest BCUT2D eigenvalue weighted by atomic mass is 10.1. The van der Waals surface area contributed by atoms with E-state index < -0.39 is 11.7 Å². The van der Waals surface area contributed by atoms with Gasteiger partial charge >= 0.3 is 6.09 Å². The molecule has 0 saturated carbocycles. The topological polar surface area (TPSA) is 67.9 Å². The van der Waals surface area contributed by atoms with Gasteiger partial charge in [0.15, 0.2) is 6.10 Å². The van der Waals surface area contributed by atoms with E-state index in [-0.39, 0.29) is 24.6 Å². The summed E-state index contributed by atoms with van der Waals surface area (Å²) in [5.74, 6) is -0.158. The minimum Gasteiger partial charge on any atom is -0.444 e. The molecule has 0 aromatic heterocycles. The Hall–Kier alpha value is -1.30. The van der Waals surface area contributed by atoms with Gasteiger partial charge in [-0.3, -0.25) is 4.79 Å². The standard InChI is InChI=1S/C11H18N2O4/c1-11(2,3)17-10(15)13-5-7-4-12-9(14)8(6-13)16-7/h7-8H,4-6H2,1-3H3,(H,12,14)/t7-,8+/m0/s1. The largest absolute Gasteiger partial charge is 0.444 e. The van der Waals surface area contributed by atoms with Gasteiger partial charge in [-0.25, -0.2) is 4.79 Å². The van der Waals surface area contributed by atoms with Crippen molar-refractivity contribution in [3.05, 3.63) is 0 Å². The highest BCUT2D eigenvalue weighted by Crippen LogP contribution is 2.18. The lowest BCUT2D eigenvalue weighted by Crippen LogP contribution is -2.62. The van der Waals surface area contributed by atoms with Crippen molar-refractivity contribution in [2.45, 2.75) is 38.6 Å². The van der Waals surface area contributed by atoms with Crippen molar-refractivity contribution in [2.75, 3.05) is 19.6 Å². The number of nitrogens with zero attached hydrogens (tertiary/aromatic N) is 1. The number of hydrogen-bond acceptors (Lipinski definition) is 4. The van der Waals surface area contributed by atoms with Crippen LogP contribution in [0.4, 0.5) is 4.79 Å². The molecule has 2 fully saturated rings. The molecule has 2 atom stereocenters. The van der Waals surface area contributed by atoms with E-state index in [2.05, 4.69) is 5.32 Å². The summed E-state index contributed by atoms with van der Waals surface area (Å²) in [7, 11) is 0. The molecule has 0 spiro atoms. The number of amides is 2. The maximum atomic E-state index is 11.9. The summed E-state index contributed by atoms with van der Waals surface area (Å²) < 4.78 is 10.8. The average Bonchev–Trinajstić information content (AvgIpc) is 2.21. The molecule has 6 nitrogen and oxygen atoms in total. The van der Waals surface area contributed by atoms with Crippen LogP contribution in [0.2, 0.25) is 0 Å². The number of morpholine rings is 2. The average molecular weight is 242 g/mol. The van der Waals surface area contributed by atoms with Gasteiger partial charge < -0.3 is 19.7 Å². The molecular weight excluding hydrogens is 224 g/mol. The molecule has 2 saturated heterocycles. The maximum Gasteiger partial charge on any atom is 0.410 e. The van der Waals surface area contributed by atoms with Gasteiger partial charge in [-0.1, -0.05) is 0 Å². The first kappa shape index (κ1) is 12.2. The van der Waals surface area contributed by atoms with E-state index in [9.17, 15) is 9.59 Å². The van der Waals surface area contributed by atoms with Gasteiger partial charge in [-0.15, -0.1) is 0 Å². The normalized spacial score (nSPS) is 28.6. The van der Waals surface area contributed by atoms with Gasteiger partial charge in [0, 0.05) is 6.54 Å². The molecule has 2 amide bonds. The number of carbonyl (C=O) groups excluding carboxylic acids is 2. The summed E-state index contributed by atoms with van der Waals surface area (Å²) in [5.41, 5.74) is -0.521. The molecule has 0 aromatic rings. The van der Waals surface area contributed by atoms with Gasteiger partial charge in [-0.05, 0) is 20.8 Å². The predicted octanol–water partition coefficient (Wildman–Crippen LogP) is 0.121. The number of fused-ring (bicyclic) bond motifs is 2. The van der Waals surface area contributed by atoms with Crippen molar-refractivity contribution in [1.82, 2.24) is 10.2 Å². The molecule has 0 radical (unpaired) electrons. The molecule has 0 aliphatic carbocycles. The Morgan fingerprint density at radius 3 is 2.82 bits per heavy atom. The zero-order chi connectivity index (χ0) is 12.6. The second-order valence-corrected chi connectivity index (χ2v) is 5.38. The molecule has 1 N–H and O–H groups in total. The number of hydrogen-bond donors (Lipinski definition) is 1. The fourth-order valence-electron chi connectivity index (χ4n) is 1.90. The number of ether oxygens (including phenoxy) is 2. The second kappa shape index (κ2) is 4.18. The van der Waals surface area contributed by atoms with Gasteiger partial charge in [0.2, 0.25) is 0 Å². The molecule has 17 heavy (non-hydrogen) atoms. The van der Waals surface area contributed by atoms with E-state index in [0.29, 0.717) is 13.1 Å². The van der Waals surface area contributed by atoms with Crippen LogP contribution in [0, 0.1) is 0 Å². The van der Waals surface area contributed by atoms with Crippen molar-refractivity contribution in [3.63, 3.8) is 0 Å². The van der Waals surface area contributed by atoms with Crippen LogP contribution in [0.5, 0.6) is 0 Å². The molecular formula is C11H18N2O4. The molecule has 96 valence electrons. The molecule has 0 unspecified atom stereocenters. The molecule has 6 heteroatoms. The third-order valence-electron chi connectivity index (χ3n) is 2.62. The maximum absolute atomic E-state index is 11.9. The zero-order valence-corrected chi connectivity index (χ0v) is 10.4. The second-order valence-electron chi connectivity index (χ2n) is 5.38. The minimum atomic E-state index is -0.560. The quantitative estimate of drug-likeness (QED) is 0.655. The van der Waals surface area contributed by atoms with Crippen molar-refractivity contribution >= 4 is 12.0 Å². The van der Waals surface area contributed by atoms with E-state index >= 15 is 0 Å². The van der Waals surface area contributed by atoms with Crippen LogP contribution < -0.4 is 5.32 Å². The van der Waals surface area contributed by atoms with Crippen molar-refractivity contribution < 1.29 is 19.1 Å². The Morgan fingerprint density at radius 1 is 1.47 bits per heavy atom. The summed E-state index contributed by atoms with van der Waals surface area (Å²) in [6, 6.07) is 0. The van der Waals surface area contributed by atoms with Crippen molar-refractivity contribution in [1.29, 1.82) is 0 Å². The van der Waals surface area contributed by atoms with Crippen LogP contribution in [0.3, 0.4) is 0 Å². The predicted molar refractivity (Wildman–Crippen MR) is 59.5 cm³/mol. The highest BCUT2D eigenvalue weighted by molar-refractivity contribution is 5.83. The minimum absolute atomic E-state index is 0.126. The van der Waals surface area contributed by atoms with E-state index in [4.69, 9.17) is 9.47 Å². The lowest BCUT2D eigenvalue weighted by Gasteiger charge is -2.40. The first-order valence-corrected chi connectivity index (χ1v) is 5.76. The lowest BCUT2D eigenvalue weighted by molar-refractivity contribution is -0.156. The molecule has 2 heterocycles. The summed E-state index contributed by atoms with van der Waals surface area (Å²) in [4.78, 5) is 24.9. The van der Waals surface area contributed by atoms with Crippen LogP contribution in [0.25, 0.3) is 0 Å². The molecule has 2 rings (SSSR count).